The molecule has 3 atom stereocenters. The number of aromatic amines is 1. The lowest BCUT2D eigenvalue weighted by Gasteiger charge is -2.15. The van der Waals surface area contributed by atoms with Crippen LogP contribution in [0.3, 0.4) is 0 Å². The number of hydrogen-bond acceptors (Lipinski definition) is 3. The summed E-state index contributed by atoms with van der Waals surface area (Å²) in [6.07, 6.45) is 5.38. The molecule has 1 amide bonds. The van der Waals surface area contributed by atoms with Crippen LogP contribution in [0.5, 0.6) is 0 Å². The molecule has 3 unspecified atom stereocenters. The average molecular weight is 265 g/mol. The van der Waals surface area contributed by atoms with Gasteiger partial charge < -0.3 is 15.4 Å². The number of hydrogen-bond donors (Lipinski definition) is 3. The molecule has 19 heavy (non-hydrogen) atoms. The summed E-state index contributed by atoms with van der Waals surface area (Å²) in [5.41, 5.74) is 0.810. The Morgan fingerprint density at radius 1 is 1.47 bits per heavy atom. The summed E-state index contributed by atoms with van der Waals surface area (Å²) in [4.78, 5) is 30.1. The highest BCUT2D eigenvalue weighted by Crippen LogP contribution is 2.38. The molecule has 1 fully saturated rings. The molecule has 0 aromatic carbocycles. The molecule has 0 saturated heterocycles. The maximum absolute atomic E-state index is 12.1. The first kappa shape index (κ1) is 13.6. The van der Waals surface area contributed by atoms with E-state index in [1.165, 1.54) is 0 Å². The summed E-state index contributed by atoms with van der Waals surface area (Å²) in [6.45, 7) is 2.40. The minimum atomic E-state index is -0.863. The van der Waals surface area contributed by atoms with Crippen molar-refractivity contribution in [2.75, 3.05) is 0 Å². The van der Waals surface area contributed by atoms with Crippen LogP contribution in [0.25, 0.3) is 0 Å². The molecule has 1 aliphatic carbocycles. The first-order chi connectivity index (χ1) is 9.11. The fourth-order valence-electron chi connectivity index (χ4n) is 2.73. The summed E-state index contributed by atoms with van der Waals surface area (Å²) in [5.74, 6) is -1.66. The van der Waals surface area contributed by atoms with Gasteiger partial charge in [-0.05, 0) is 18.8 Å². The van der Waals surface area contributed by atoms with Crippen molar-refractivity contribution in [3.8, 4) is 0 Å². The second-order valence-corrected chi connectivity index (χ2v) is 5.09. The molecule has 0 bridgehead atoms. The van der Waals surface area contributed by atoms with Crippen molar-refractivity contribution in [3.05, 3.63) is 18.2 Å². The molecule has 0 spiro atoms. The van der Waals surface area contributed by atoms with Gasteiger partial charge in [-0.25, -0.2) is 4.98 Å². The predicted octanol–water partition coefficient (Wildman–Crippen LogP) is 1.16. The highest BCUT2D eigenvalue weighted by molar-refractivity contribution is 5.85. The van der Waals surface area contributed by atoms with Crippen LogP contribution in [0.2, 0.25) is 0 Å². The zero-order valence-electron chi connectivity index (χ0n) is 10.9. The maximum atomic E-state index is 12.1. The van der Waals surface area contributed by atoms with E-state index in [2.05, 4.69) is 15.3 Å². The fourth-order valence-corrected chi connectivity index (χ4v) is 2.73. The summed E-state index contributed by atoms with van der Waals surface area (Å²) in [6, 6.07) is 0. The quantitative estimate of drug-likeness (QED) is 0.744. The molecule has 1 aromatic heterocycles. The van der Waals surface area contributed by atoms with Crippen LogP contribution in [-0.4, -0.2) is 27.0 Å². The first-order valence-corrected chi connectivity index (χ1v) is 6.59. The molecule has 104 valence electrons. The molecule has 2 rings (SSSR count). The number of nitrogens with zero attached hydrogens (tertiary/aromatic N) is 1. The van der Waals surface area contributed by atoms with E-state index >= 15 is 0 Å². The maximum Gasteiger partial charge on any atom is 0.307 e. The molecular formula is C13H19N3O3. The largest absolute Gasteiger partial charge is 0.481 e. The highest BCUT2D eigenvalue weighted by atomic mass is 16.4. The molecule has 1 aliphatic rings. The Labute approximate surface area is 111 Å². The lowest BCUT2D eigenvalue weighted by Crippen LogP contribution is -2.35. The van der Waals surface area contributed by atoms with Crippen LogP contribution in [0, 0.1) is 17.8 Å². The zero-order valence-corrected chi connectivity index (χ0v) is 10.9. The van der Waals surface area contributed by atoms with E-state index in [0.717, 1.165) is 12.1 Å². The van der Waals surface area contributed by atoms with Crippen LogP contribution >= 0.6 is 0 Å². The highest BCUT2D eigenvalue weighted by Gasteiger charge is 2.41. The van der Waals surface area contributed by atoms with Crippen LogP contribution in [-0.2, 0) is 16.1 Å². The molecule has 3 N–H and O–H groups in total. The third-order valence-electron chi connectivity index (χ3n) is 3.90. The summed E-state index contributed by atoms with van der Waals surface area (Å²) < 4.78 is 0. The molecule has 0 aliphatic heterocycles. The van der Waals surface area contributed by atoms with E-state index in [4.69, 9.17) is 0 Å². The minimum Gasteiger partial charge on any atom is -0.481 e. The van der Waals surface area contributed by atoms with Gasteiger partial charge in [-0.3, -0.25) is 9.59 Å². The van der Waals surface area contributed by atoms with Crippen molar-refractivity contribution in [2.24, 2.45) is 17.8 Å². The number of carbonyl (C=O) groups excluding carboxylic acids is 1. The van der Waals surface area contributed by atoms with Crippen LogP contribution in [0.4, 0.5) is 0 Å². The van der Waals surface area contributed by atoms with Crippen molar-refractivity contribution in [3.63, 3.8) is 0 Å². The van der Waals surface area contributed by atoms with Crippen LogP contribution < -0.4 is 5.32 Å². The van der Waals surface area contributed by atoms with Gasteiger partial charge in [-0.2, -0.15) is 0 Å². The number of aromatic nitrogens is 2. The van der Waals surface area contributed by atoms with Crippen molar-refractivity contribution in [1.29, 1.82) is 0 Å². The number of imidazole rings is 1. The van der Waals surface area contributed by atoms with E-state index in [1.807, 2.05) is 6.92 Å². The standard InChI is InChI=1S/C13H19N3O3/c1-2-8-3-10(11(4-8)13(18)19)12(17)15-6-9-5-14-7-16-9/h5,7-8,10-11H,2-4,6H2,1H3,(H,14,16)(H,15,17)(H,18,19). The normalized spacial score (nSPS) is 26.3. The summed E-state index contributed by atoms with van der Waals surface area (Å²) in [5, 5.41) is 12.0. The molecule has 0 radical (unpaired) electrons. The molecule has 6 heteroatoms. The topological polar surface area (TPSA) is 95.1 Å². The lowest BCUT2D eigenvalue weighted by atomic mass is 9.95. The van der Waals surface area contributed by atoms with Crippen molar-refractivity contribution < 1.29 is 14.7 Å². The second kappa shape index (κ2) is 5.86. The Balaban J connectivity index is 1.94. The Hall–Kier alpha value is -1.85. The van der Waals surface area contributed by atoms with E-state index in [-0.39, 0.29) is 5.91 Å². The van der Waals surface area contributed by atoms with Crippen molar-refractivity contribution in [2.45, 2.75) is 32.7 Å². The number of rotatable bonds is 5. The smallest absolute Gasteiger partial charge is 0.307 e. The van der Waals surface area contributed by atoms with Gasteiger partial charge in [-0.1, -0.05) is 13.3 Å². The van der Waals surface area contributed by atoms with Gasteiger partial charge in [0.05, 0.1) is 30.4 Å². The van der Waals surface area contributed by atoms with Gasteiger partial charge in [0.1, 0.15) is 0 Å². The molecule has 6 nitrogen and oxygen atoms in total. The van der Waals surface area contributed by atoms with Crippen molar-refractivity contribution in [1.82, 2.24) is 15.3 Å². The monoisotopic (exact) mass is 265 g/mol. The number of nitrogens with one attached hydrogen (secondary N) is 2. The summed E-state index contributed by atoms with van der Waals surface area (Å²) >= 11 is 0. The molecule has 1 heterocycles. The van der Waals surface area contributed by atoms with Gasteiger partial charge in [0.15, 0.2) is 0 Å². The number of carboxylic acids is 1. The summed E-state index contributed by atoms with van der Waals surface area (Å²) in [7, 11) is 0. The van der Waals surface area contributed by atoms with Gasteiger partial charge in [-0.15, -0.1) is 0 Å². The van der Waals surface area contributed by atoms with E-state index in [0.29, 0.717) is 25.3 Å². The molecule has 1 saturated carbocycles. The zero-order chi connectivity index (χ0) is 13.8. The Morgan fingerprint density at radius 3 is 2.79 bits per heavy atom. The third-order valence-corrected chi connectivity index (χ3v) is 3.90. The minimum absolute atomic E-state index is 0.169. The van der Waals surface area contributed by atoms with Crippen LogP contribution in [0.15, 0.2) is 12.5 Å². The predicted molar refractivity (Wildman–Crippen MR) is 68.1 cm³/mol. The van der Waals surface area contributed by atoms with Gasteiger partial charge >= 0.3 is 5.97 Å². The van der Waals surface area contributed by atoms with Gasteiger partial charge in [0, 0.05) is 6.20 Å². The Bertz CT molecular complexity index is 444. The van der Waals surface area contributed by atoms with E-state index in [9.17, 15) is 14.7 Å². The first-order valence-electron chi connectivity index (χ1n) is 6.59. The lowest BCUT2D eigenvalue weighted by molar-refractivity contribution is -0.146. The second-order valence-electron chi connectivity index (χ2n) is 5.09. The van der Waals surface area contributed by atoms with Gasteiger partial charge in [0.2, 0.25) is 5.91 Å². The van der Waals surface area contributed by atoms with Crippen LogP contribution in [0.1, 0.15) is 31.9 Å². The number of amides is 1. The third kappa shape index (κ3) is 3.13. The number of H-pyrrole nitrogens is 1. The van der Waals surface area contributed by atoms with E-state index in [1.54, 1.807) is 12.5 Å². The SMILES string of the molecule is CCC1CC(C(=O)O)C(C(=O)NCc2cnc[nH]2)C1. The fraction of sp³-hybridized carbons (Fsp3) is 0.615. The average Bonchev–Trinajstić information content (AvgIpc) is 3.04. The molecular weight excluding hydrogens is 246 g/mol. The number of carbonyl (C=O) groups is 2. The number of carboxylic acid groups (broad SMARTS) is 1. The van der Waals surface area contributed by atoms with E-state index < -0.39 is 17.8 Å². The number of aliphatic carboxylic acids is 1. The Morgan fingerprint density at radius 2 is 2.21 bits per heavy atom. The molecule has 1 aromatic rings. The van der Waals surface area contributed by atoms with Gasteiger partial charge in [0.25, 0.3) is 0 Å². The van der Waals surface area contributed by atoms with Crippen molar-refractivity contribution >= 4 is 11.9 Å². The Kier molecular flexibility index (Phi) is 4.19.